The lowest BCUT2D eigenvalue weighted by Gasteiger charge is -2.32. The molecule has 1 aromatic carbocycles. The van der Waals surface area contributed by atoms with Crippen LogP contribution in [0, 0.1) is 0 Å². The Hall–Kier alpha value is -2.41. The molecule has 3 rings (SSSR count). The zero-order chi connectivity index (χ0) is 14.2. The molecule has 2 amide bonds. The number of benzene rings is 1. The summed E-state index contributed by atoms with van der Waals surface area (Å²) in [5.41, 5.74) is -1.07. The van der Waals surface area contributed by atoms with Gasteiger partial charge in [-0.3, -0.25) is 14.9 Å². The maximum Gasteiger partial charge on any atom is 0.280 e. The summed E-state index contributed by atoms with van der Waals surface area (Å²) in [4.78, 5) is 28.4. The first kappa shape index (κ1) is 12.6. The van der Waals surface area contributed by atoms with Crippen molar-refractivity contribution in [3.05, 3.63) is 35.8 Å². The van der Waals surface area contributed by atoms with Crippen LogP contribution in [0.5, 0.6) is 5.75 Å². The number of anilines is 2. The number of amides is 2. The molecule has 7 heteroatoms. The van der Waals surface area contributed by atoms with Crippen molar-refractivity contribution in [2.75, 3.05) is 10.6 Å². The van der Waals surface area contributed by atoms with Crippen LogP contribution in [0.4, 0.5) is 10.8 Å². The quantitative estimate of drug-likeness (QED) is 0.827. The summed E-state index contributed by atoms with van der Waals surface area (Å²) < 4.78 is 5.60. The van der Waals surface area contributed by atoms with Crippen molar-refractivity contribution < 1.29 is 14.3 Å². The van der Waals surface area contributed by atoms with Crippen molar-refractivity contribution in [3.63, 3.8) is 0 Å². The molecule has 6 nitrogen and oxygen atoms in total. The third-order valence-corrected chi connectivity index (χ3v) is 3.66. The number of ether oxygens (including phenoxy) is 1. The number of nitrogens with one attached hydrogen (secondary N) is 2. The van der Waals surface area contributed by atoms with Gasteiger partial charge in [-0.1, -0.05) is 12.1 Å². The minimum Gasteiger partial charge on any atom is -0.466 e. The van der Waals surface area contributed by atoms with Crippen LogP contribution < -0.4 is 15.4 Å². The number of carbonyl (C=O) groups excluding carboxylic acids is 2. The normalized spacial score (nSPS) is 20.6. The van der Waals surface area contributed by atoms with Gasteiger partial charge in [0.05, 0.1) is 5.69 Å². The van der Waals surface area contributed by atoms with Crippen molar-refractivity contribution in [3.8, 4) is 5.75 Å². The molecule has 1 aliphatic rings. The number of thiazole rings is 1. The molecule has 2 N–H and O–H groups in total. The second-order valence-electron chi connectivity index (χ2n) is 4.38. The molecule has 2 heterocycles. The van der Waals surface area contributed by atoms with Gasteiger partial charge >= 0.3 is 0 Å². The monoisotopic (exact) mass is 289 g/mol. The van der Waals surface area contributed by atoms with E-state index in [4.69, 9.17) is 4.74 Å². The molecule has 1 aromatic heterocycles. The van der Waals surface area contributed by atoms with Gasteiger partial charge in [0.15, 0.2) is 5.13 Å². The predicted octanol–water partition coefficient (Wildman–Crippen LogP) is 1.87. The SMILES string of the molecule is C[C@]1(C(=O)Nc2nccs2)Oc2ccccc2NC1=O. The van der Waals surface area contributed by atoms with Gasteiger partial charge < -0.3 is 10.1 Å². The number of hydrogen-bond donors (Lipinski definition) is 2. The number of carbonyl (C=O) groups is 2. The topological polar surface area (TPSA) is 80.3 Å². The minimum absolute atomic E-state index is 0.423. The zero-order valence-electron chi connectivity index (χ0n) is 10.5. The van der Waals surface area contributed by atoms with E-state index in [0.717, 1.165) is 0 Å². The number of nitrogens with zero attached hydrogens (tertiary/aromatic N) is 1. The van der Waals surface area contributed by atoms with Crippen LogP contribution in [0.25, 0.3) is 0 Å². The highest BCUT2D eigenvalue weighted by Gasteiger charge is 2.47. The maximum atomic E-state index is 12.3. The first-order valence-electron chi connectivity index (χ1n) is 5.90. The molecule has 0 fully saturated rings. The molecule has 1 aliphatic heterocycles. The Labute approximate surface area is 118 Å². The van der Waals surface area contributed by atoms with Gasteiger partial charge in [-0.2, -0.15) is 0 Å². The molecular weight excluding hydrogens is 278 g/mol. The molecule has 102 valence electrons. The number of rotatable bonds is 2. The molecule has 0 radical (unpaired) electrons. The minimum atomic E-state index is -1.62. The Bertz CT molecular complexity index is 671. The van der Waals surface area contributed by atoms with Gasteiger partial charge in [0.25, 0.3) is 17.4 Å². The fourth-order valence-electron chi connectivity index (χ4n) is 1.82. The third-order valence-electron chi connectivity index (χ3n) is 2.97. The zero-order valence-corrected chi connectivity index (χ0v) is 11.4. The lowest BCUT2D eigenvalue weighted by Crippen LogP contribution is -2.56. The second kappa shape index (κ2) is 4.61. The lowest BCUT2D eigenvalue weighted by molar-refractivity contribution is -0.143. The van der Waals surface area contributed by atoms with Crippen molar-refractivity contribution >= 4 is 34.0 Å². The standard InChI is InChI=1S/C13H11N3O3S/c1-13(11(18)16-12-14-6-7-20-12)10(17)15-8-4-2-3-5-9(8)19-13/h2-7H,1H3,(H,15,17)(H,14,16,18)/t13-/m0/s1. The second-order valence-corrected chi connectivity index (χ2v) is 5.27. The van der Waals surface area contributed by atoms with E-state index in [1.165, 1.54) is 18.3 Å². The van der Waals surface area contributed by atoms with Gasteiger partial charge in [-0.15, -0.1) is 11.3 Å². The smallest absolute Gasteiger partial charge is 0.280 e. The first-order chi connectivity index (χ1) is 9.59. The summed E-state index contributed by atoms with van der Waals surface area (Å²) in [7, 11) is 0. The lowest BCUT2D eigenvalue weighted by atomic mass is 10.0. The Morgan fingerprint density at radius 2 is 2.25 bits per heavy atom. The van der Waals surface area contributed by atoms with Crippen LogP contribution in [-0.4, -0.2) is 22.4 Å². The molecule has 0 spiro atoms. The maximum absolute atomic E-state index is 12.3. The van der Waals surface area contributed by atoms with E-state index < -0.39 is 17.4 Å². The first-order valence-corrected chi connectivity index (χ1v) is 6.78. The molecular formula is C13H11N3O3S. The van der Waals surface area contributed by atoms with Crippen molar-refractivity contribution in [2.45, 2.75) is 12.5 Å². The van der Waals surface area contributed by atoms with Crippen LogP contribution in [0.15, 0.2) is 35.8 Å². The highest BCUT2D eigenvalue weighted by Crippen LogP contribution is 2.33. The Kier molecular flexibility index (Phi) is 2.90. The fraction of sp³-hybridized carbons (Fsp3) is 0.154. The molecule has 0 saturated carbocycles. The molecule has 1 atom stereocenters. The van der Waals surface area contributed by atoms with Gasteiger partial charge in [0.1, 0.15) is 5.75 Å². The van der Waals surface area contributed by atoms with Crippen molar-refractivity contribution in [2.24, 2.45) is 0 Å². The molecule has 0 unspecified atom stereocenters. The molecule has 0 aliphatic carbocycles. The van der Waals surface area contributed by atoms with Gasteiger partial charge in [0.2, 0.25) is 0 Å². The number of para-hydroxylation sites is 2. The van der Waals surface area contributed by atoms with E-state index in [0.29, 0.717) is 16.6 Å². The third kappa shape index (κ3) is 2.01. The van der Waals surface area contributed by atoms with E-state index in [9.17, 15) is 9.59 Å². The molecule has 2 aromatic rings. The summed E-state index contributed by atoms with van der Waals surface area (Å²) in [5.74, 6) is -0.603. The van der Waals surface area contributed by atoms with Crippen LogP contribution in [-0.2, 0) is 9.59 Å². The summed E-state index contributed by atoms with van der Waals surface area (Å²) >= 11 is 1.27. The van der Waals surface area contributed by atoms with Crippen LogP contribution in [0.1, 0.15) is 6.92 Å². The van der Waals surface area contributed by atoms with Gasteiger partial charge in [-0.05, 0) is 19.1 Å². The Balaban J connectivity index is 1.88. The average molecular weight is 289 g/mol. The van der Waals surface area contributed by atoms with E-state index in [1.54, 1.807) is 35.8 Å². The summed E-state index contributed by atoms with van der Waals surface area (Å²) in [6.45, 7) is 1.43. The van der Waals surface area contributed by atoms with Crippen LogP contribution in [0.2, 0.25) is 0 Å². The summed E-state index contributed by atoms with van der Waals surface area (Å²) in [6, 6.07) is 6.96. The van der Waals surface area contributed by atoms with Gasteiger partial charge in [0, 0.05) is 11.6 Å². The fourth-order valence-corrected chi connectivity index (χ4v) is 2.34. The average Bonchev–Trinajstić information content (AvgIpc) is 2.93. The van der Waals surface area contributed by atoms with E-state index in [-0.39, 0.29) is 0 Å². The number of aromatic nitrogens is 1. The van der Waals surface area contributed by atoms with E-state index in [1.807, 2.05) is 0 Å². The van der Waals surface area contributed by atoms with Gasteiger partial charge in [-0.25, -0.2) is 4.98 Å². The van der Waals surface area contributed by atoms with Crippen LogP contribution in [0.3, 0.4) is 0 Å². The highest BCUT2D eigenvalue weighted by molar-refractivity contribution is 7.13. The Morgan fingerprint density at radius 3 is 3.00 bits per heavy atom. The van der Waals surface area contributed by atoms with E-state index in [2.05, 4.69) is 15.6 Å². The Morgan fingerprint density at radius 1 is 1.45 bits per heavy atom. The summed E-state index contributed by atoms with van der Waals surface area (Å²) in [5, 5.41) is 7.40. The molecule has 20 heavy (non-hydrogen) atoms. The molecule has 0 bridgehead atoms. The number of hydrogen-bond acceptors (Lipinski definition) is 5. The largest absolute Gasteiger partial charge is 0.466 e. The molecule has 0 saturated heterocycles. The van der Waals surface area contributed by atoms with Crippen molar-refractivity contribution in [1.29, 1.82) is 0 Å². The summed E-state index contributed by atoms with van der Waals surface area (Å²) in [6.07, 6.45) is 1.57. The van der Waals surface area contributed by atoms with Crippen LogP contribution >= 0.6 is 11.3 Å². The highest BCUT2D eigenvalue weighted by atomic mass is 32.1. The number of fused-ring (bicyclic) bond motifs is 1. The van der Waals surface area contributed by atoms with Crippen molar-refractivity contribution in [1.82, 2.24) is 4.98 Å². The van der Waals surface area contributed by atoms with E-state index >= 15 is 0 Å². The predicted molar refractivity (Wildman–Crippen MR) is 74.8 cm³/mol.